The molecule has 4 aromatic heterocycles. The summed E-state index contributed by atoms with van der Waals surface area (Å²) in [6, 6.07) is 38.1. The topological polar surface area (TPSA) is 53.5 Å². The minimum atomic E-state index is 0.899. The van der Waals surface area contributed by atoms with Crippen LogP contribution in [0.1, 0.15) is 0 Å². The second-order valence-electron chi connectivity index (χ2n) is 9.97. The lowest BCUT2D eigenvalue weighted by atomic mass is 10.1. The van der Waals surface area contributed by atoms with Crippen molar-refractivity contribution < 1.29 is 0 Å². The van der Waals surface area contributed by atoms with Crippen molar-refractivity contribution in [3.63, 3.8) is 0 Å². The van der Waals surface area contributed by atoms with Crippen molar-refractivity contribution in [3.05, 3.63) is 128 Å². The van der Waals surface area contributed by atoms with E-state index in [-0.39, 0.29) is 0 Å². The van der Waals surface area contributed by atoms with Gasteiger partial charge < -0.3 is 9.13 Å². The first-order valence-corrected chi connectivity index (χ1v) is 13.3. The van der Waals surface area contributed by atoms with E-state index < -0.39 is 0 Å². The highest BCUT2D eigenvalue weighted by atomic mass is 15.3. The Labute approximate surface area is 230 Å². The molecule has 8 rings (SSSR count). The summed E-state index contributed by atoms with van der Waals surface area (Å²) in [5.74, 6) is 0.952. The van der Waals surface area contributed by atoms with Gasteiger partial charge in [0.15, 0.2) is 0 Å². The smallest absolute Gasteiger partial charge is 0.140 e. The standard InChI is InChI=1S/C34H24N6/c1-38-32-13-5-3-11-29(32)37-34(38)24-14-15-28-27-10-2-4-12-31(27)40(33(28)21-24)26-9-6-8-23(20-26)30-22-25(16-18-35-30)39-19-7-17-36-39/h2-22H,1H3. The van der Waals surface area contributed by atoms with Gasteiger partial charge in [-0.15, -0.1) is 0 Å². The van der Waals surface area contributed by atoms with Crippen LogP contribution in [-0.2, 0) is 7.05 Å². The fourth-order valence-corrected chi connectivity index (χ4v) is 5.74. The minimum absolute atomic E-state index is 0.899. The van der Waals surface area contributed by atoms with Crippen molar-refractivity contribution in [3.8, 4) is 34.0 Å². The van der Waals surface area contributed by atoms with Crippen LogP contribution in [0.4, 0.5) is 0 Å². The normalized spacial score (nSPS) is 11.6. The Morgan fingerprint density at radius 1 is 0.600 bits per heavy atom. The summed E-state index contributed by atoms with van der Waals surface area (Å²) in [4.78, 5) is 9.66. The largest absolute Gasteiger partial charge is 0.327 e. The zero-order valence-corrected chi connectivity index (χ0v) is 21.8. The van der Waals surface area contributed by atoms with Gasteiger partial charge >= 0.3 is 0 Å². The molecule has 0 aliphatic heterocycles. The molecule has 40 heavy (non-hydrogen) atoms. The average Bonchev–Trinajstić information content (AvgIpc) is 3.74. The molecule has 4 heterocycles. The van der Waals surface area contributed by atoms with Gasteiger partial charge in [0, 0.05) is 53.2 Å². The van der Waals surface area contributed by atoms with Gasteiger partial charge in [-0.2, -0.15) is 5.10 Å². The van der Waals surface area contributed by atoms with Gasteiger partial charge in [0.25, 0.3) is 0 Å². The van der Waals surface area contributed by atoms with Crippen LogP contribution in [0.3, 0.4) is 0 Å². The number of fused-ring (bicyclic) bond motifs is 4. The van der Waals surface area contributed by atoms with Crippen molar-refractivity contribution in [2.24, 2.45) is 7.05 Å². The Bertz CT molecular complexity index is 2180. The molecule has 0 spiro atoms. The summed E-state index contributed by atoms with van der Waals surface area (Å²) >= 11 is 0. The summed E-state index contributed by atoms with van der Waals surface area (Å²) in [5.41, 5.74) is 9.51. The summed E-state index contributed by atoms with van der Waals surface area (Å²) in [7, 11) is 2.08. The molecule has 6 nitrogen and oxygen atoms in total. The van der Waals surface area contributed by atoms with Crippen LogP contribution in [0.25, 0.3) is 66.9 Å². The van der Waals surface area contributed by atoms with Crippen molar-refractivity contribution in [1.29, 1.82) is 0 Å². The molecular formula is C34H24N6. The zero-order chi connectivity index (χ0) is 26.6. The lowest BCUT2D eigenvalue weighted by Gasteiger charge is -2.11. The fraction of sp³-hybridized carbons (Fsp3) is 0.0294. The van der Waals surface area contributed by atoms with Crippen molar-refractivity contribution >= 4 is 32.8 Å². The fourth-order valence-electron chi connectivity index (χ4n) is 5.74. The molecular weight excluding hydrogens is 492 g/mol. The molecule has 0 aliphatic rings. The van der Waals surface area contributed by atoms with E-state index in [1.807, 2.05) is 35.3 Å². The van der Waals surface area contributed by atoms with E-state index in [2.05, 4.69) is 117 Å². The Morgan fingerprint density at radius 3 is 2.33 bits per heavy atom. The number of hydrogen-bond donors (Lipinski definition) is 0. The number of hydrogen-bond acceptors (Lipinski definition) is 3. The first-order valence-electron chi connectivity index (χ1n) is 13.3. The van der Waals surface area contributed by atoms with Gasteiger partial charge in [-0.05, 0) is 54.6 Å². The van der Waals surface area contributed by atoms with Gasteiger partial charge in [0.05, 0.1) is 33.4 Å². The highest BCUT2D eigenvalue weighted by Gasteiger charge is 2.16. The van der Waals surface area contributed by atoms with Crippen LogP contribution in [0, 0.1) is 0 Å². The molecule has 0 radical (unpaired) electrons. The zero-order valence-electron chi connectivity index (χ0n) is 21.8. The molecule has 0 N–H and O–H groups in total. The molecule has 0 bridgehead atoms. The molecule has 0 fully saturated rings. The molecule has 190 valence electrons. The Hall–Kier alpha value is -5.49. The summed E-state index contributed by atoms with van der Waals surface area (Å²) < 4.78 is 6.37. The average molecular weight is 517 g/mol. The van der Waals surface area contributed by atoms with Crippen molar-refractivity contribution in [2.45, 2.75) is 0 Å². The van der Waals surface area contributed by atoms with Gasteiger partial charge in [0.1, 0.15) is 5.82 Å². The van der Waals surface area contributed by atoms with Gasteiger partial charge in [0.2, 0.25) is 0 Å². The highest BCUT2D eigenvalue weighted by molar-refractivity contribution is 6.10. The summed E-state index contributed by atoms with van der Waals surface area (Å²) in [5, 5.41) is 6.81. The third kappa shape index (κ3) is 3.47. The number of rotatable bonds is 4. The third-order valence-corrected chi connectivity index (χ3v) is 7.63. The SMILES string of the molecule is Cn1c(-c2ccc3c4ccccc4n(-c4cccc(-c5cc(-n6cccn6)ccn5)c4)c3c2)nc2ccccc21. The quantitative estimate of drug-likeness (QED) is 0.242. The van der Waals surface area contributed by atoms with Crippen molar-refractivity contribution in [2.75, 3.05) is 0 Å². The summed E-state index contributed by atoms with van der Waals surface area (Å²) in [6.07, 6.45) is 5.56. The molecule has 0 saturated heterocycles. The molecule has 4 aromatic carbocycles. The monoisotopic (exact) mass is 516 g/mol. The van der Waals surface area contributed by atoms with E-state index in [1.165, 1.54) is 10.8 Å². The third-order valence-electron chi connectivity index (χ3n) is 7.63. The van der Waals surface area contributed by atoms with E-state index >= 15 is 0 Å². The maximum Gasteiger partial charge on any atom is 0.140 e. The van der Waals surface area contributed by atoms with Crippen LogP contribution >= 0.6 is 0 Å². The predicted molar refractivity (Wildman–Crippen MR) is 161 cm³/mol. The van der Waals surface area contributed by atoms with E-state index in [4.69, 9.17) is 4.98 Å². The summed E-state index contributed by atoms with van der Waals surface area (Å²) in [6.45, 7) is 0. The number of imidazole rings is 1. The lowest BCUT2D eigenvalue weighted by Crippen LogP contribution is -1.97. The van der Waals surface area contributed by atoms with E-state index in [0.717, 1.165) is 56.1 Å². The number of aryl methyl sites for hydroxylation is 1. The van der Waals surface area contributed by atoms with Crippen molar-refractivity contribution in [1.82, 2.24) is 28.9 Å². The molecule has 8 aromatic rings. The molecule has 0 atom stereocenters. The molecule has 0 aliphatic carbocycles. The van der Waals surface area contributed by atoms with E-state index in [1.54, 1.807) is 6.20 Å². The second kappa shape index (κ2) is 8.78. The van der Waals surface area contributed by atoms with Crippen LogP contribution in [0.5, 0.6) is 0 Å². The first-order chi connectivity index (χ1) is 19.7. The number of benzene rings is 4. The molecule has 0 saturated carbocycles. The number of aromatic nitrogens is 6. The Morgan fingerprint density at radius 2 is 1.45 bits per heavy atom. The van der Waals surface area contributed by atoms with Crippen LogP contribution < -0.4 is 0 Å². The van der Waals surface area contributed by atoms with Crippen LogP contribution in [0.2, 0.25) is 0 Å². The Balaban J connectivity index is 1.32. The number of para-hydroxylation sites is 3. The van der Waals surface area contributed by atoms with Gasteiger partial charge in [-0.1, -0.05) is 54.6 Å². The van der Waals surface area contributed by atoms with Gasteiger partial charge in [-0.25, -0.2) is 9.67 Å². The maximum atomic E-state index is 4.97. The maximum absolute atomic E-state index is 4.97. The van der Waals surface area contributed by atoms with Crippen LogP contribution in [-0.4, -0.2) is 28.9 Å². The molecule has 0 unspecified atom stereocenters. The van der Waals surface area contributed by atoms with Crippen LogP contribution in [0.15, 0.2) is 128 Å². The van der Waals surface area contributed by atoms with E-state index in [9.17, 15) is 0 Å². The lowest BCUT2D eigenvalue weighted by molar-refractivity contribution is 0.878. The molecule has 0 amide bonds. The number of nitrogens with zero attached hydrogens (tertiary/aromatic N) is 6. The van der Waals surface area contributed by atoms with E-state index in [0.29, 0.717) is 0 Å². The first kappa shape index (κ1) is 22.5. The highest BCUT2D eigenvalue weighted by Crippen LogP contribution is 2.36. The second-order valence-corrected chi connectivity index (χ2v) is 9.97. The number of pyridine rings is 1. The Kier molecular flexibility index (Phi) is 4.94. The minimum Gasteiger partial charge on any atom is -0.327 e. The predicted octanol–water partition coefficient (Wildman–Crippen LogP) is 7.59. The molecule has 6 heteroatoms. The van der Waals surface area contributed by atoms with Gasteiger partial charge in [-0.3, -0.25) is 4.98 Å².